The van der Waals surface area contributed by atoms with Crippen molar-refractivity contribution in [3.63, 3.8) is 0 Å². The lowest BCUT2D eigenvalue weighted by Gasteiger charge is -2.10. The van der Waals surface area contributed by atoms with Gasteiger partial charge in [-0.2, -0.15) is 13.2 Å². The van der Waals surface area contributed by atoms with Crippen LogP contribution in [0.1, 0.15) is 28.4 Å². The van der Waals surface area contributed by atoms with Crippen LogP contribution in [0, 0.1) is 6.92 Å². The minimum absolute atomic E-state index is 0.0447. The summed E-state index contributed by atoms with van der Waals surface area (Å²) in [6.07, 6.45) is -4.45. The number of halogens is 3. The summed E-state index contributed by atoms with van der Waals surface area (Å²) < 4.78 is 41.9. The lowest BCUT2D eigenvalue weighted by atomic mass is 10.0. The van der Waals surface area contributed by atoms with Gasteiger partial charge >= 0.3 is 12.1 Å². The fraction of sp³-hybridized carbons (Fsp3) is 0.364. The molecule has 0 amide bonds. The smallest absolute Gasteiger partial charge is 0.416 e. The van der Waals surface area contributed by atoms with E-state index in [1.54, 1.807) is 13.8 Å². The molecule has 1 rings (SSSR count). The van der Waals surface area contributed by atoms with Crippen LogP contribution in [0.5, 0.6) is 0 Å². The van der Waals surface area contributed by atoms with E-state index in [1.807, 2.05) is 0 Å². The molecule has 0 radical (unpaired) electrons. The molecule has 0 unspecified atom stereocenters. The second-order valence-electron chi connectivity index (χ2n) is 3.25. The number of benzene rings is 1. The maximum absolute atomic E-state index is 12.4. The highest BCUT2D eigenvalue weighted by atomic mass is 19.4. The van der Waals surface area contributed by atoms with Gasteiger partial charge in [0, 0.05) is 0 Å². The highest BCUT2D eigenvalue weighted by Gasteiger charge is 2.31. The van der Waals surface area contributed by atoms with Gasteiger partial charge in [0.15, 0.2) is 0 Å². The minimum atomic E-state index is -4.45. The molecule has 5 heteroatoms. The van der Waals surface area contributed by atoms with Crippen LogP contribution in [-0.2, 0) is 10.9 Å². The molecule has 0 atom stereocenters. The van der Waals surface area contributed by atoms with Gasteiger partial charge in [0.25, 0.3) is 0 Å². The van der Waals surface area contributed by atoms with Gasteiger partial charge in [0.05, 0.1) is 17.7 Å². The second kappa shape index (κ2) is 4.55. The molecule has 0 aromatic heterocycles. The summed E-state index contributed by atoms with van der Waals surface area (Å²) in [5, 5.41) is 0. The van der Waals surface area contributed by atoms with E-state index in [9.17, 15) is 18.0 Å². The number of hydrogen-bond donors (Lipinski definition) is 0. The number of hydrogen-bond acceptors (Lipinski definition) is 2. The zero-order valence-electron chi connectivity index (χ0n) is 8.89. The lowest BCUT2D eigenvalue weighted by Crippen LogP contribution is -2.11. The number of esters is 1. The van der Waals surface area contributed by atoms with Crippen molar-refractivity contribution >= 4 is 5.97 Å². The molecule has 0 saturated heterocycles. The molecule has 0 aliphatic carbocycles. The average molecular weight is 232 g/mol. The summed E-state index contributed by atoms with van der Waals surface area (Å²) in [5.41, 5.74) is -0.427. The van der Waals surface area contributed by atoms with Gasteiger partial charge in [-0.1, -0.05) is 6.07 Å². The molecule has 1 aromatic rings. The first kappa shape index (κ1) is 12.5. The maximum atomic E-state index is 12.4. The van der Waals surface area contributed by atoms with Crippen LogP contribution in [0.3, 0.4) is 0 Å². The summed E-state index contributed by atoms with van der Waals surface area (Å²) in [6, 6.07) is 3.01. The van der Waals surface area contributed by atoms with Crippen LogP contribution >= 0.6 is 0 Å². The Hall–Kier alpha value is -1.52. The number of alkyl halides is 3. The highest BCUT2D eigenvalue weighted by Crippen LogP contribution is 2.30. The molecular weight excluding hydrogens is 221 g/mol. The molecule has 2 nitrogen and oxygen atoms in total. The van der Waals surface area contributed by atoms with Crippen LogP contribution in [-0.4, -0.2) is 12.6 Å². The van der Waals surface area contributed by atoms with Gasteiger partial charge in [-0.3, -0.25) is 0 Å². The van der Waals surface area contributed by atoms with Gasteiger partial charge in [-0.25, -0.2) is 4.79 Å². The summed E-state index contributed by atoms with van der Waals surface area (Å²) >= 11 is 0. The Morgan fingerprint density at radius 3 is 2.50 bits per heavy atom. The van der Waals surface area contributed by atoms with Crippen molar-refractivity contribution in [3.05, 3.63) is 34.9 Å². The predicted molar refractivity (Wildman–Crippen MR) is 52.1 cm³/mol. The first-order valence-electron chi connectivity index (χ1n) is 4.71. The molecule has 0 aliphatic heterocycles. The number of carbonyl (C=O) groups excluding carboxylic acids is 1. The van der Waals surface area contributed by atoms with Crippen LogP contribution in [0.15, 0.2) is 18.2 Å². The van der Waals surface area contributed by atoms with Gasteiger partial charge in [-0.05, 0) is 31.5 Å². The van der Waals surface area contributed by atoms with E-state index in [4.69, 9.17) is 0 Å². The Kier molecular flexibility index (Phi) is 3.57. The molecule has 0 aliphatic rings. The predicted octanol–water partition coefficient (Wildman–Crippen LogP) is 3.19. The summed E-state index contributed by atoms with van der Waals surface area (Å²) in [6.45, 7) is 3.29. The van der Waals surface area contributed by atoms with E-state index < -0.39 is 17.7 Å². The highest BCUT2D eigenvalue weighted by molar-refractivity contribution is 5.91. The van der Waals surface area contributed by atoms with Gasteiger partial charge in [0.1, 0.15) is 0 Å². The minimum Gasteiger partial charge on any atom is -0.462 e. The third-order valence-corrected chi connectivity index (χ3v) is 2.06. The van der Waals surface area contributed by atoms with Crippen molar-refractivity contribution < 1.29 is 22.7 Å². The Morgan fingerprint density at radius 1 is 1.38 bits per heavy atom. The number of ether oxygens (including phenoxy) is 1. The molecule has 88 valence electrons. The molecule has 0 fully saturated rings. The van der Waals surface area contributed by atoms with E-state index >= 15 is 0 Å². The quantitative estimate of drug-likeness (QED) is 0.732. The zero-order chi connectivity index (χ0) is 12.3. The average Bonchev–Trinajstić information content (AvgIpc) is 2.16. The molecule has 0 heterocycles. The number of carbonyl (C=O) groups is 1. The van der Waals surface area contributed by atoms with Crippen molar-refractivity contribution in [2.75, 3.05) is 6.61 Å². The van der Waals surface area contributed by atoms with Crippen molar-refractivity contribution in [2.24, 2.45) is 0 Å². The van der Waals surface area contributed by atoms with Crippen molar-refractivity contribution in [2.45, 2.75) is 20.0 Å². The molecule has 1 aromatic carbocycles. The molecule has 0 saturated carbocycles. The second-order valence-corrected chi connectivity index (χ2v) is 3.25. The third kappa shape index (κ3) is 2.74. The summed E-state index contributed by atoms with van der Waals surface area (Å²) in [4.78, 5) is 11.4. The van der Waals surface area contributed by atoms with E-state index in [0.717, 1.165) is 12.1 Å². The number of rotatable bonds is 2. The third-order valence-electron chi connectivity index (χ3n) is 2.06. The van der Waals surface area contributed by atoms with Crippen LogP contribution in [0.4, 0.5) is 13.2 Å². The van der Waals surface area contributed by atoms with E-state index in [-0.39, 0.29) is 12.2 Å². The van der Waals surface area contributed by atoms with Crippen LogP contribution in [0.25, 0.3) is 0 Å². The Morgan fingerprint density at radius 2 is 2.00 bits per heavy atom. The molecular formula is C11H11F3O2. The van der Waals surface area contributed by atoms with E-state index in [0.29, 0.717) is 5.56 Å². The Balaban J connectivity index is 3.14. The first-order chi connectivity index (χ1) is 7.36. The summed E-state index contributed by atoms with van der Waals surface area (Å²) in [5.74, 6) is -0.730. The fourth-order valence-corrected chi connectivity index (χ4v) is 1.23. The van der Waals surface area contributed by atoms with Gasteiger partial charge in [-0.15, -0.1) is 0 Å². The first-order valence-corrected chi connectivity index (χ1v) is 4.71. The maximum Gasteiger partial charge on any atom is 0.416 e. The zero-order valence-corrected chi connectivity index (χ0v) is 8.89. The van der Waals surface area contributed by atoms with Gasteiger partial charge < -0.3 is 4.74 Å². The molecule has 16 heavy (non-hydrogen) atoms. The van der Waals surface area contributed by atoms with E-state index in [2.05, 4.69) is 4.74 Å². The molecule has 0 N–H and O–H groups in total. The van der Waals surface area contributed by atoms with Crippen LogP contribution in [0.2, 0.25) is 0 Å². The van der Waals surface area contributed by atoms with Crippen molar-refractivity contribution in [3.8, 4) is 0 Å². The standard InChI is InChI=1S/C11H11F3O2/c1-3-16-10(15)9-6-8(11(12,13)14)5-4-7(9)2/h4-6H,3H2,1-2H3. The monoisotopic (exact) mass is 232 g/mol. The van der Waals surface area contributed by atoms with Crippen molar-refractivity contribution in [1.82, 2.24) is 0 Å². The normalized spacial score (nSPS) is 11.3. The van der Waals surface area contributed by atoms with Crippen molar-refractivity contribution in [1.29, 1.82) is 0 Å². The topological polar surface area (TPSA) is 26.3 Å². The SMILES string of the molecule is CCOC(=O)c1cc(C(F)(F)F)ccc1C. The Bertz CT molecular complexity index is 397. The Labute approximate surface area is 91.0 Å². The van der Waals surface area contributed by atoms with Crippen LogP contribution < -0.4 is 0 Å². The van der Waals surface area contributed by atoms with Gasteiger partial charge in [0.2, 0.25) is 0 Å². The summed E-state index contributed by atoms with van der Waals surface area (Å²) in [7, 11) is 0. The molecule has 0 bridgehead atoms. The lowest BCUT2D eigenvalue weighted by molar-refractivity contribution is -0.137. The fourth-order valence-electron chi connectivity index (χ4n) is 1.23. The number of aryl methyl sites for hydroxylation is 1. The molecule has 0 spiro atoms. The largest absolute Gasteiger partial charge is 0.462 e. The van der Waals surface area contributed by atoms with E-state index in [1.165, 1.54) is 6.07 Å².